The molecule has 0 saturated carbocycles. The molecule has 3 aromatic rings. The number of aromatic nitrogens is 2. The number of halogens is 4. The minimum atomic E-state index is -0.177. The number of thioether (sulfide) groups is 1. The van der Waals surface area contributed by atoms with Crippen LogP contribution < -0.4 is 0 Å². The standard InChI is InChI=1S/C20H16Cl4N2OS/c21-14-2-1-3-15(22)13(14)9-27-20-11(6-19-25-4-5-26-19)10-28-18-8-17(24)16(23)7-12(18)20/h1-5,7-8,11,20H,6,9-10H2,(H,25,26)/t11-,20-/m0/s1. The number of H-pyrrole nitrogens is 1. The first-order chi connectivity index (χ1) is 13.5. The number of ether oxygens (including phenoxy) is 1. The van der Waals surface area contributed by atoms with Crippen LogP contribution in [-0.4, -0.2) is 15.7 Å². The third-order valence-electron chi connectivity index (χ3n) is 4.72. The molecule has 0 aliphatic carbocycles. The maximum absolute atomic E-state index is 6.39. The van der Waals surface area contributed by atoms with Crippen LogP contribution >= 0.6 is 58.2 Å². The molecule has 0 spiro atoms. The maximum Gasteiger partial charge on any atom is 0.106 e. The van der Waals surface area contributed by atoms with E-state index in [4.69, 9.17) is 51.1 Å². The van der Waals surface area contributed by atoms with Gasteiger partial charge in [0.15, 0.2) is 0 Å². The predicted octanol–water partition coefficient (Wildman–Crippen LogP) is 7.25. The quantitative estimate of drug-likeness (QED) is 0.424. The molecule has 0 saturated heterocycles. The normalized spacial score (nSPS) is 18.9. The van der Waals surface area contributed by atoms with Crippen LogP contribution in [0.25, 0.3) is 0 Å². The molecule has 0 radical (unpaired) electrons. The monoisotopic (exact) mass is 472 g/mol. The Bertz CT molecular complexity index is 960. The molecular weight excluding hydrogens is 458 g/mol. The Morgan fingerprint density at radius 2 is 1.82 bits per heavy atom. The second kappa shape index (κ2) is 8.86. The van der Waals surface area contributed by atoms with E-state index in [9.17, 15) is 0 Å². The van der Waals surface area contributed by atoms with Crippen molar-refractivity contribution < 1.29 is 4.74 Å². The van der Waals surface area contributed by atoms with E-state index < -0.39 is 0 Å². The maximum atomic E-state index is 6.39. The fourth-order valence-electron chi connectivity index (χ4n) is 3.32. The molecule has 2 atom stereocenters. The SMILES string of the molecule is Clc1cc2c(cc1Cl)[C@@H](OCc1c(Cl)cccc1Cl)[C@@H](Cc1ncc[nH]1)CS2. The van der Waals surface area contributed by atoms with E-state index in [1.807, 2.05) is 36.5 Å². The first kappa shape index (κ1) is 20.4. The topological polar surface area (TPSA) is 37.9 Å². The number of imidazole rings is 1. The van der Waals surface area contributed by atoms with Crippen LogP contribution in [-0.2, 0) is 17.8 Å². The van der Waals surface area contributed by atoms with Gasteiger partial charge in [0.2, 0.25) is 0 Å². The molecule has 1 aromatic heterocycles. The zero-order chi connectivity index (χ0) is 19.7. The first-order valence-electron chi connectivity index (χ1n) is 8.67. The molecule has 0 fully saturated rings. The Labute approximate surface area is 187 Å². The van der Waals surface area contributed by atoms with Crippen molar-refractivity contribution in [1.82, 2.24) is 9.97 Å². The lowest BCUT2D eigenvalue weighted by Gasteiger charge is -2.33. The van der Waals surface area contributed by atoms with Crippen LogP contribution in [0.5, 0.6) is 0 Å². The van der Waals surface area contributed by atoms with Crippen molar-refractivity contribution in [2.75, 3.05) is 5.75 Å². The van der Waals surface area contributed by atoms with Gasteiger partial charge in [0.1, 0.15) is 5.82 Å². The van der Waals surface area contributed by atoms with Crippen molar-refractivity contribution in [3.8, 4) is 0 Å². The Kier molecular flexibility index (Phi) is 6.46. The zero-order valence-electron chi connectivity index (χ0n) is 14.6. The Hall–Kier alpha value is -0.880. The predicted molar refractivity (Wildman–Crippen MR) is 117 cm³/mol. The molecule has 1 aliphatic heterocycles. The lowest BCUT2D eigenvalue weighted by Crippen LogP contribution is -2.25. The lowest BCUT2D eigenvalue weighted by atomic mass is 9.93. The van der Waals surface area contributed by atoms with E-state index in [1.54, 1.807) is 18.0 Å². The van der Waals surface area contributed by atoms with Gasteiger partial charge in [-0.1, -0.05) is 52.5 Å². The summed E-state index contributed by atoms with van der Waals surface area (Å²) in [6, 6.07) is 9.26. The minimum absolute atomic E-state index is 0.177. The minimum Gasteiger partial charge on any atom is -0.368 e. The highest BCUT2D eigenvalue weighted by Crippen LogP contribution is 2.46. The van der Waals surface area contributed by atoms with Crippen LogP contribution in [0.2, 0.25) is 20.1 Å². The summed E-state index contributed by atoms with van der Waals surface area (Å²) >= 11 is 26.9. The highest BCUT2D eigenvalue weighted by Gasteiger charge is 2.33. The summed E-state index contributed by atoms with van der Waals surface area (Å²) in [5.74, 6) is 2.02. The van der Waals surface area contributed by atoms with Crippen LogP contribution in [0.1, 0.15) is 23.1 Å². The molecule has 3 nitrogen and oxygen atoms in total. The van der Waals surface area contributed by atoms with Gasteiger partial charge in [-0.05, 0) is 29.8 Å². The van der Waals surface area contributed by atoms with Crippen molar-refractivity contribution in [3.05, 3.63) is 79.8 Å². The van der Waals surface area contributed by atoms with Gasteiger partial charge in [0.05, 0.1) is 22.8 Å². The summed E-state index contributed by atoms with van der Waals surface area (Å²) in [5.41, 5.74) is 1.81. The molecule has 0 bridgehead atoms. The fraction of sp³-hybridized carbons (Fsp3) is 0.250. The van der Waals surface area contributed by atoms with Gasteiger partial charge in [-0.15, -0.1) is 11.8 Å². The van der Waals surface area contributed by atoms with Crippen LogP contribution in [0, 0.1) is 5.92 Å². The molecule has 4 rings (SSSR count). The lowest BCUT2D eigenvalue weighted by molar-refractivity contribution is 0.00182. The Balaban J connectivity index is 1.65. The van der Waals surface area contributed by atoms with Gasteiger partial charge in [-0.3, -0.25) is 0 Å². The van der Waals surface area contributed by atoms with E-state index in [-0.39, 0.29) is 12.0 Å². The largest absolute Gasteiger partial charge is 0.368 e. The highest BCUT2D eigenvalue weighted by molar-refractivity contribution is 7.99. The average Bonchev–Trinajstić information content (AvgIpc) is 3.17. The molecule has 2 heterocycles. The highest BCUT2D eigenvalue weighted by atomic mass is 35.5. The van der Waals surface area contributed by atoms with Crippen molar-refractivity contribution in [2.24, 2.45) is 5.92 Å². The second-order valence-electron chi connectivity index (χ2n) is 6.55. The molecule has 2 aromatic carbocycles. The van der Waals surface area contributed by atoms with Gasteiger partial charge in [-0.2, -0.15) is 0 Å². The number of rotatable bonds is 5. The van der Waals surface area contributed by atoms with Crippen LogP contribution in [0.15, 0.2) is 47.6 Å². The number of aromatic amines is 1. The molecule has 8 heteroatoms. The Morgan fingerprint density at radius 1 is 1.07 bits per heavy atom. The third kappa shape index (κ3) is 4.33. The van der Waals surface area contributed by atoms with Gasteiger partial charge < -0.3 is 9.72 Å². The van der Waals surface area contributed by atoms with Gasteiger partial charge in [0.25, 0.3) is 0 Å². The summed E-state index contributed by atoms with van der Waals surface area (Å²) < 4.78 is 6.39. The average molecular weight is 474 g/mol. The van der Waals surface area contributed by atoms with E-state index in [2.05, 4.69) is 9.97 Å². The molecule has 1 N–H and O–H groups in total. The van der Waals surface area contributed by atoms with Gasteiger partial charge >= 0.3 is 0 Å². The summed E-state index contributed by atoms with van der Waals surface area (Å²) in [6.07, 6.45) is 4.17. The van der Waals surface area contributed by atoms with Crippen molar-refractivity contribution in [1.29, 1.82) is 0 Å². The summed E-state index contributed by atoms with van der Waals surface area (Å²) in [7, 11) is 0. The molecule has 0 unspecified atom stereocenters. The van der Waals surface area contributed by atoms with Gasteiger partial charge in [-0.25, -0.2) is 4.98 Å². The fourth-order valence-corrected chi connectivity index (χ4v) is 5.46. The van der Waals surface area contributed by atoms with Crippen LogP contribution in [0.4, 0.5) is 0 Å². The smallest absolute Gasteiger partial charge is 0.106 e. The number of fused-ring (bicyclic) bond motifs is 1. The second-order valence-corrected chi connectivity index (χ2v) is 9.24. The van der Waals surface area contributed by atoms with Crippen molar-refractivity contribution in [3.63, 3.8) is 0 Å². The zero-order valence-corrected chi connectivity index (χ0v) is 18.4. The first-order valence-corrected chi connectivity index (χ1v) is 11.2. The molecule has 0 amide bonds. The summed E-state index contributed by atoms with van der Waals surface area (Å²) in [4.78, 5) is 8.63. The van der Waals surface area contributed by atoms with E-state index >= 15 is 0 Å². The van der Waals surface area contributed by atoms with E-state index in [0.717, 1.165) is 34.0 Å². The summed E-state index contributed by atoms with van der Waals surface area (Å²) in [5, 5.41) is 2.25. The van der Waals surface area contributed by atoms with E-state index in [0.29, 0.717) is 26.7 Å². The molecular formula is C20H16Cl4N2OS. The molecule has 146 valence electrons. The molecule has 28 heavy (non-hydrogen) atoms. The number of nitrogens with zero attached hydrogens (tertiary/aromatic N) is 1. The molecule has 1 aliphatic rings. The van der Waals surface area contributed by atoms with Crippen molar-refractivity contribution >= 4 is 58.2 Å². The number of hydrogen-bond acceptors (Lipinski definition) is 3. The van der Waals surface area contributed by atoms with Crippen molar-refractivity contribution in [2.45, 2.75) is 24.0 Å². The third-order valence-corrected chi connectivity index (χ3v) is 7.41. The van der Waals surface area contributed by atoms with Gasteiger partial charge in [0, 0.05) is 51.0 Å². The Morgan fingerprint density at radius 3 is 2.54 bits per heavy atom. The number of hydrogen-bond donors (Lipinski definition) is 1. The number of benzene rings is 2. The summed E-state index contributed by atoms with van der Waals surface area (Å²) in [6.45, 7) is 0.308. The van der Waals surface area contributed by atoms with Crippen LogP contribution in [0.3, 0.4) is 0 Å². The number of nitrogens with one attached hydrogen (secondary N) is 1. The van der Waals surface area contributed by atoms with E-state index in [1.165, 1.54) is 0 Å².